The number of rotatable bonds is 13. The molecule has 1 nitrogen and oxygen atoms in total. The van der Waals surface area contributed by atoms with Gasteiger partial charge in [0.05, 0.1) is 0 Å². The minimum Gasteiger partial charge on any atom is -0.295 e. The summed E-state index contributed by atoms with van der Waals surface area (Å²) in [7, 11) is 0. The number of ketones is 1. The second-order valence-electron chi connectivity index (χ2n) is 15.0. The number of carbonyl (C=O) groups excluding carboxylic acids is 1. The molecule has 1 aromatic rings. The number of benzene rings is 1. The van der Waals surface area contributed by atoms with Crippen LogP contribution in [0.3, 0.4) is 0 Å². The molecule has 0 aromatic heterocycles. The third-order valence-electron chi connectivity index (χ3n) is 12.1. The highest BCUT2D eigenvalue weighted by Gasteiger charge is 2.51. The van der Waals surface area contributed by atoms with E-state index in [9.17, 15) is 4.79 Å². The van der Waals surface area contributed by atoms with Crippen LogP contribution in [0.2, 0.25) is 0 Å². The summed E-state index contributed by atoms with van der Waals surface area (Å²) in [5.74, 6) is 2.50. The molecule has 0 bridgehead atoms. The average Bonchev–Trinajstić information content (AvgIpc) is 2.96. The van der Waals surface area contributed by atoms with Gasteiger partial charge in [0.1, 0.15) is 0 Å². The summed E-state index contributed by atoms with van der Waals surface area (Å²) in [5.41, 5.74) is 10.5. The second-order valence-corrected chi connectivity index (χ2v) is 15.0. The maximum Gasteiger partial charge on any atom is 0.160 e. The molecule has 0 spiro atoms. The van der Waals surface area contributed by atoms with Gasteiger partial charge in [-0.1, -0.05) is 128 Å². The van der Waals surface area contributed by atoms with E-state index in [2.05, 4.69) is 105 Å². The standard InChI is InChI=1S/C43H64O/c1-13-20-37(21-14-2)39(38-22-18-17-19-23-38)26-36(15-3)32(8)40-29(5)24-35(25-30(40)6)28-42(11)27-31(7)41(34(10)44)33(9)43(42,12)16-4/h15,17-19,22-23,30,35,37,39H,5,9,13-14,16,20-21,24-28H2,1-4,6-8,10-12H3/b36-15-,40-32-/t30?,35?,39?,42-,43-/m0/s1. The molecular weight excluding hydrogens is 532 g/mol. The predicted molar refractivity (Wildman–Crippen MR) is 193 cm³/mol. The molecule has 3 rings (SSSR count). The van der Waals surface area contributed by atoms with Crippen molar-refractivity contribution < 1.29 is 4.79 Å². The Morgan fingerprint density at radius 1 is 1.05 bits per heavy atom. The topological polar surface area (TPSA) is 17.1 Å². The Morgan fingerprint density at radius 2 is 1.66 bits per heavy atom. The summed E-state index contributed by atoms with van der Waals surface area (Å²) in [6.45, 7) is 32.0. The first kappa shape index (κ1) is 36.1. The second kappa shape index (κ2) is 15.2. The molecule has 0 aliphatic heterocycles. The van der Waals surface area contributed by atoms with Crippen LogP contribution in [0.15, 0.2) is 88.6 Å². The molecule has 2 aliphatic carbocycles. The van der Waals surface area contributed by atoms with Gasteiger partial charge >= 0.3 is 0 Å². The van der Waals surface area contributed by atoms with Gasteiger partial charge in [0.15, 0.2) is 5.78 Å². The van der Waals surface area contributed by atoms with Gasteiger partial charge in [0.2, 0.25) is 0 Å². The lowest BCUT2D eigenvalue weighted by atomic mass is 9.50. The monoisotopic (exact) mass is 596 g/mol. The lowest BCUT2D eigenvalue weighted by Crippen LogP contribution is -2.45. The van der Waals surface area contributed by atoms with Crippen LogP contribution in [0.25, 0.3) is 0 Å². The lowest BCUT2D eigenvalue weighted by Gasteiger charge is -2.54. The number of hydrogen-bond acceptors (Lipinski definition) is 1. The van der Waals surface area contributed by atoms with E-state index in [4.69, 9.17) is 6.58 Å². The van der Waals surface area contributed by atoms with Crippen LogP contribution in [-0.4, -0.2) is 5.78 Å². The maximum atomic E-state index is 12.6. The van der Waals surface area contributed by atoms with E-state index in [-0.39, 0.29) is 16.6 Å². The van der Waals surface area contributed by atoms with Crippen molar-refractivity contribution in [3.05, 3.63) is 94.1 Å². The molecule has 0 radical (unpaired) electrons. The number of allylic oxidation sites excluding steroid dienone is 8. The van der Waals surface area contributed by atoms with E-state index in [1.165, 1.54) is 65.5 Å². The Hall–Kier alpha value is -2.41. The zero-order chi connectivity index (χ0) is 32.8. The fraction of sp³-hybridized carbons (Fsp3) is 0.605. The van der Waals surface area contributed by atoms with E-state index in [0.717, 1.165) is 43.3 Å². The number of Topliss-reactive ketones (excluding diaryl/α,β-unsaturated/α-hetero) is 1. The molecule has 2 aliphatic rings. The SMILES string of the molecule is C=C1CC(C[C@]2(C)CC(C)=C(C(C)=O)C(=C)[C@]2(C)CC)CC(C)/C1=C(C)\C(=C/C)CC(c1ccccc1)C(CCC)CCC. The van der Waals surface area contributed by atoms with Crippen molar-refractivity contribution in [2.75, 3.05) is 0 Å². The van der Waals surface area contributed by atoms with Crippen LogP contribution in [0.1, 0.15) is 145 Å². The summed E-state index contributed by atoms with van der Waals surface area (Å²) in [6.07, 6.45) is 13.9. The van der Waals surface area contributed by atoms with Crippen molar-refractivity contribution in [1.82, 2.24) is 0 Å². The van der Waals surface area contributed by atoms with Crippen molar-refractivity contribution in [2.45, 2.75) is 139 Å². The highest BCUT2D eigenvalue weighted by atomic mass is 16.1. The van der Waals surface area contributed by atoms with E-state index in [0.29, 0.717) is 23.7 Å². The molecule has 0 N–H and O–H groups in total. The van der Waals surface area contributed by atoms with Crippen molar-refractivity contribution in [3.63, 3.8) is 0 Å². The van der Waals surface area contributed by atoms with Gasteiger partial charge in [-0.25, -0.2) is 0 Å². The molecule has 242 valence electrons. The van der Waals surface area contributed by atoms with E-state index in [1.54, 1.807) is 6.92 Å². The lowest BCUT2D eigenvalue weighted by molar-refractivity contribution is -0.113. The van der Waals surface area contributed by atoms with Crippen LogP contribution in [0.5, 0.6) is 0 Å². The molecule has 3 unspecified atom stereocenters. The van der Waals surface area contributed by atoms with Gasteiger partial charge in [-0.05, 0) is 129 Å². The molecule has 1 heteroatoms. The molecular formula is C43H64O. The van der Waals surface area contributed by atoms with Crippen LogP contribution >= 0.6 is 0 Å². The third-order valence-corrected chi connectivity index (χ3v) is 12.1. The normalized spacial score (nSPS) is 28.5. The van der Waals surface area contributed by atoms with Gasteiger partial charge in [-0.3, -0.25) is 4.79 Å². The van der Waals surface area contributed by atoms with Crippen LogP contribution in [0, 0.1) is 28.6 Å². The molecule has 44 heavy (non-hydrogen) atoms. The van der Waals surface area contributed by atoms with Crippen LogP contribution in [-0.2, 0) is 4.79 Å². The van der Waals surface area contributed by atoms with E-state index >= 15 is 0 Å². The highest BCUT2D eigenvalue weighted by molar-refractivity contribution is 5.99. The van der Waals surface area contributed by atoms with Crippen molar-refractivity contribution in [2.24, 2.45) is 28.6 Å². The maximum absolute atomic E-state index is 12.6. The van der Waals surface area contributed by atoms with Crippen LogP contribution in [0.4, 0.5) is 0 Å². The van der Waals surface area contributed by atoms with Gasteiger partial charge in [-0.2, -0.15) is 0 Å². The highest BCUT2D eigenvalue weighted by Crippen LogP contribution is 2.60. The van der Waals surface area contributed by atoms with Crippen molar-refractivity contribution in [1.29, 1.82) is 0 Å². The minimum atomic E-state index is -0.0811. The fourth-order valence-corrected chi connectivity index (χ4v) is 9.60. The van der Waals surface area contributed by atoms with E-state index in [1.807, 2.05) is 0 Å². The fourth-order valence-electron chi connectivity index (χ4n) is 9.60. The summed E-state index contributed by atoms with van der Waals surface area (Å²) in [4.78, 5) is 12.6. The Morgan fingerprint density at radius 3 is 2.16 bits per heavy atom. The zero-order valence-corrected chi connectivity index (χ0v) is 30.2. The molecule has 5 atom stereocenters. The van der Waals surface area contributed by atoms with Crippen molar-refractivity contribution >= 4 is 5.78 Å². The van der Waals surface area contributed by atoms with Gasteiger partial charge < -0.3 is 0 Å². The average molecular weight is 597 g/mol. The molecule has 0 amide bonds. The first-order chi connectivity index (χ1) is 20.8. The van der Waals surface area contributed by atoms with Gasteiger partial charge in [-0.15, -0.1) is 0 Å². The molecule has 1 fully saturated rings. The first-order valence-electron chi connectivity index (χ1n) is 17.8. The zero-order valence-electron chi connectivity index (χ0n) is 30.2. The van der Waals surface area contributed by atoms with Gasteiger partial charge in [0.25, 0.3) is 0 Å². The van der Waals surface area contributed by atoms with Crippen LogP contribution < -0.4 is 0 Å². The Balaban J connectivity index is 1.89. The summed E-state index contributed by atoms with van der Waals surface area (Å²) >= 11 is 0. The summed E-state index contributed by atoms with van der Waals surface area (Å²) in [5, 5.41) is 0. The third kappa shape index (κ3) is 7.35. The summed E-state index contributed by atoms with van der Waals surface area (Å²) in [6, 6.07) is 11.3. The number of carbonyl (C=O) groups is 1. The number of hydrogen-bond donors (Lipinski definition) is 0. The largest absolute Gasteiger partial charge is 0.295 e. The molecule has 1 aromatic carbocycles. The van der Waals surface area contributed by atoms with Crippen molar-refractivity contribution in [3.8, 4) is 0 Å². The molecule has 0 saturated heterocycles. The minimum absolute atomic E-state index is 0.0771. The molecule has 1 saturated carbocycles. The first-order valence-corrected chi connectivity index (χ1v) is 17.8. The Bertz CT molecular complexity index is 1280. The van der Waals surface area contributed by atoms with E-state index < -0.39 is 0 Å². The quantitative estimate of drug-likeness (QED) is 0.221. The predicted octanol–water partition coefficient (Wildman–Crippen LogP) is 12.9. The smallest absolute Gasteiger partial charge is 0.160 e. The molecule has 0 heterocycles. The Kier molecular flexibility index (Phi) is 12.5. The Labute approximate surface area is 272 Å². The summed E-state index contributed by atoms with van der Waals surface area (Å²) < 4.78 is 0. The van der Waals surface area contributed by atoms with Gasteiger partial charge in [0, 0.05) is 5.57 Å².